The summed E-state index contributed by atoms with van der Waals surface area (Å²) >= 11 is 0. The average Bonchev–Trinajstić information content (AvgIpc) is 3.14. The number of likely N-dealkylation sites (tertiary alicyclic amines) is 1. The van der Waals surface area contributed by atoms with Crippen molar-refractivity contribution in [1.82, 2.24) is 25.0 Å². The molecule has 1 aromatic heterocycles. The highest BCUT2D eigenvalue weighted by molar-refractivity contribution is 5.97. The Morgan fingerprint density at radius 1 is 0.880 bits per heavy atom. The maximum Gasteiger partial charge on any atom is 0.409 e. The number of hydrogen-bond acceptors (Lipinski definition) is 9. The van der Waals surface area contributed by atoms with Gasteiger partial charge >= 0.3 is 18.2 Å². The summed E-state index contributed by atoms with van der Waals surface area (Å²) in [5.74, 6) is -1.56. The van der Waals surface area contributed by atoms with Crippen LogP contribution >= 0.6 is 0 Å². The van der Waals surface area contributed by atoms with Crippen LogP contribution in [0.5, 0.6) is 5.75 Å². The molecule has 1 aromatic carbocycles. The molecule has 2 saturated heterocycles. The quantitative estimate of drug-likeness (QED) is 0.255. The fourth-order valence-electron chi connectivity index (χ4n) is 5.86. The number of pyridine rings is 1. The third kappa shape index (κ3) is 11.3. The first-order chi connectivity index (χ1) is 24.2. The van der Waals surface area contributed by atoms with Crippen LogP contribution in [0.3, 0.4) is 0 Å². The van der Waals surface area contributed by atoms with Gasteiger partial charge in [0.1, 0.15) is 17.5 Å². The first-order valence-corrected chi connectivity index (χ1v) is 17.5. The summed E-state index contributed by atoms with van der Waals surface area (Å²) < 4.78 is 16.6. The Hall–Kier alpha value is -4.88. The second-order valence-electron chi connectivity index (χ2n) is 12.5. The maximum atomic E-state index is 13.7. The molecule has 0 spiro atoms. The molecule has 272 valence electrons. The Morgan fingerprint density at radius 2 is 1.54 bits per heavy atom. The van der Waals surface area contributed by atoms with Crippen molar-refractivity contribution < 1.29 is 43.3 Å². The smallest absolute Gasteiger partial charge is 0.409 e. The molecule has 14 nitrogen and oxygen atoms in total. The molecule has 0 unspecified atom stereocenters. The molecule has 0 radical (unpaired) electrons. The third-order valence-electron chi connectivity index (χ3n) is 8.80. The first kappa shape index (κ1) is 37.9. The van der Waals surface area contributed by atoms with Crippen LogP contribution in [0.25, 0.3) is 11.3 Å². The number of hydrogen-bond donors (Lipinski definition) is 2. The average molecular weight is 696 g/mol. The van der Waals surface area contributed by atoms with Crippen molar-refractivity contribution in [3.05, 3.63) is 48.2 Å². The fraction of sp³-hybridized carbons (Fsp3) is 0.556. The van der Waals surface area contributed by atoms with Crippen molar-refractivity contribution in [3.63, 3.8) is 0 Å². The van der Waals surface area contributed by atoms with Gasteiger partial charge in [-0.15, -0.1) is 0 Å². The van der Waals surface area contributed by atoms with Gasteiger partial charge in [-0.3, -0.25) is 14.4 Å². The van der Waals surface area contributed by atoms with Crippen LogP contribution in [-0.2, 0) is 19.1 Å². The lowest BCUT2D eigenvalue weighted by molar-refractivity contribution is -0.138. The summed E-state index contributed by atoms with van der Waals surface area (Å²) in [6, 6.07) is 11.4. The van der Waals surface area contributed by atoms with Gasteiger partial charge in [0.2, 0.25) is 5.91 Å². The van der Waals surface area contributed by atoms with Crippen molar-refractivity contribution in [2.75, 3.05) is 59.1 Å². The number of carbonyl (C=O) groups excluding carboxylic acids is 4. The molecule has 0 saturated carbocycles. The Balaban J connectivity index is 1.43. The van der Waals surface area contributed by atoms with E-state index in [-0.39, 0.29) is 56.7 Å². The number of nitrogens with zero attached hydrogens (tertiary/aromatic N) is 4. The van der Waals surface area contributed by atoms with Gasteiger partial charge in [0.25, 0.3) is 5.91 Å². The van der Waals surface area contributed by atoms with Crippen LogP contribution in [0.1, 0.15) is 69.3 Å². The second-order valence-corrected chi connectivity index (χ2v) is 12.5. The van der Waals surface area contributed by atoms with Gasteiger partial charge in [0.05, 0.1) is 25.5 Å². The van der Waals surface area contributed by atoms with Gasteiger partial charge in [-0.25, -0.2) is 14.6 Å². The molecule has 50 heavy (non-hydrogen) atoms. The number of carboxylic acids is 1. The van der Waals surface area contributed by atoms with Crippen LogP contribution in [0.4, 0.5) is 9.59 Å². The van der Waals surface area contributed by atoms with Gasteiger partial charge in [-0.05, 0) is 38.5 Å². The van der Waals surface area contributed by atoms with Crippen molar-refractivity contribution in [2.24, 2.45) is 5.92 Å². The minimum Gasteiger partial charge on any atom is -0.493 e. The Morgan fingerprint density at radius 3 is 2.20 bits per heavy atom. The number of aromatic nitrogens is 1. The van der Waals surface area contributed by atoms with Gasteiger partial charge in [0, 0.05) is 63.4 Å². The molecular formula is C36H49N5O9. The van der Waals surface area contributed by atoms with E-state index < -0.39 is 29.9 Å². The number of piperidine rings is 1. The Bertz CT molecular complexity index is 1440. The summed E-state index contributed by atoms with van der Waals surface area (Å²) in [5, 5.41) is 12.1. The molecule has 3 heterocycles. The van der Waals surface area contributed by atoms with Crippen molar-refractivity contribution >= 4 is 30.0 Å². The van der Waals surface area contributed by atoms with E-state index in [4.69, 9.17) is 14.2 Å². The molecule has 2 aliphatic rings. The zero-order valence-electron chi connectivity index (χ0n) is 29.0. The summed E-state index contributed by atoms with van der Waals surface area (Å²) in [4.78, 5) is 72.7. The SMILES string of the molecule is CCCCCOC(=O)N1CCN(C(=O)[C@H](CCC(=O)O)NC(=O)c2cc(OCC3CCN(C(=O)OCC)CC3)cc(-c3ccccc3)n2)CC1. The number of rotatable bonds is 15. The van der Waals surface area contributed by atoms with Gasteiger partial charge in [-0.2, -0.15) is 0 Å². The minimum absolute atomic E-state index is 0.0160. The molecule has 0 bridgehead atoms. The van der Waals surface area contributed by atoms with Gasteiger partial charge < -0.3 is 39.3 Å². The number of aliphatic carboxylic acids is 1. The molecule has 2 N–H and O–H groups in total. The summed E-state index contributed by atoms with van der Waals surface area (Å²) in [6.45, 7) is 6.99. The number of carboxylic acid groups (broad SMARTS) is 1. The second kappa shape index (κ2) is 19.3. The Kier molecular flexibility index (Phi) is 14.7. The standard InChI is InChI=1S/C36H49N5O9/c1-3-5-9-22-49-36(47)41-20-18-39(19-21-41)34(45)29(12-13-32(42)43)38-33(44)31-24-28(23-30(37-31)27-10-7-6-8-11-27)50-25-26-14-16-40(17-15-26)35(46)48-4-2/h6-8,10-11,23-24,26,29H,3-5,9,12-22,25H2,1-2H3,(H,38,44)(H,42,43)/t29-/m0/s1. The van der Waals surface area contributed by atoms with Crippen molar-refractivity contribution in [1.29, 1.82) is 0 Å². The highest BCUT2D eigenvalue weighted by atomic mass is 16.6. The van der Waals surface area contributed by atoms with E-state index >= 15 is 0 Å². The van der Waals surface area contributed by atoms with E-state index in [1.165, 1.54) is 11.0 Å². The van der Waals surface area contributed by atoms with Crippen LogP contribution in [0.15, 0.2) is 42.5 Å². The van der Waals surface area contributed by atoms with E-state index in [9.17, 15) is 29.1 Å². The predicted molar refractivity (Wildman–Crippen MR) is 184 cm³/mol. The maximum absolute atomic E-state index is 13.7. The highest BCUT2D eigenvalue weighted by Gasteiger charge is 2.31. The molecule has 2 aromatic rings. The lowest BCUT2D eigenvalue weighted by Crippen LogP contribution is -2.56. The van der Waals surface area contributed by atoms with Crippen LogP contribution in [-0.4, -0.2) is 120 Å². The number of ether oxygens (including phenoxy) is 3. The molecule has 1 atom stereocenters. The normalized spacial score (nSPS) is 15.6. The molecule has 4 rings (SSSR count). The molecule has 0 aliphatic carbocycles. The number of unbranched alkanes of at least 4 members (excludes halogenated alkanes) is 2. The molecule has 14 heteroatoms. The predicted octanol–water partition coefficient (Wildman–Crippen LogP) is 4.43. The number of piperazine rings is 1. The molecular weight excluding hydrogens is 646 g/mol. The van der Waals surface area contributed by atoms with Crippen LogP contribution in [0, 0.1) is 5.92 Å². The highest BCUT2D eigenvalue weighted by Crippen LogP contribution is 2.26. The van der Waals surface area contributed by atoms with E-state index in [0.29, 0.717) is 44.4 Å². The number of carbonyl (C=O) groups is 5. The number of nitrogens with one attached hydrogen (secondary N) is 1. The van der Waals surface area contributed by atoms with Crippen LogP contribution < -0.4 is 10.1 Å². The lowest BCUT2D eigenvalue weighted by Gasteiger charge is -2.36. The topological polar surface area (TPSA) is 168 Å². The number of benzene rings is 1. The van der Waals surface area contributed by atoms with E-state index in [1.54, 1.807) is 22.8 Å². The minimum atomic E-state index is -1.12. The summed E-state index contributed by atoms with van der Waals surface area (Å²) in [6.07, 6.45) is 3.07. The summed E-state index contributed by atoms with van der Waals surface area (Å²) in [7, 11) is 0. The third-order valence-corrected chi connectivity index (χ3v) is 8.80. The molecule has 2 aliphatic heterocycles. The summed E-state index contributed by atoms with van der Waals surface area (Å²) in [5.41, 5.74) is 1.27. The van der Waals surface area contributed by atoms with E-state index in [1.807, 2.05) is 30.3 Å². The lowest BCUT2D eigenvalue weighted by atomic mass is 9.98. The monoisotopic (exact) mass is 695 g/mol. The number of amides is 4. The Labute approximate surface area is 293 Å². The fourth-order valence-corrected chi connectivity index (χ4v) is 5.86. The first-order valence-electron chi connectivity index (χ1n) is 17.5. The van der Waals surface area contributed by atoms with E-state index in [2.05, 4.69) is 17.2 Å². The van der Waals surface area contributed by atoms with Crippen molar-refractivity contribution in [2.45, 2.75) is 64.8 Å². The van der Waals surface area contributed by atoms with Crippen LogP contribution in [0.2, 0.25) is 0 Å². The van der Waals surface area contributed by atoms with Crippen molar-refractivity contribution in [3.8, 4) is 17.0 Å². The molecule has 4 amide bonds. The molecule has 2 fully saturated rings. The largest absolute Gasteiger partial charge is 0.493 e. The van der Waals surface area contributed by atoms with Gasteiger partial charge in [0.15, 0.2) is 0 Å². The van der Waals surface area contributed by atoms with Gasteiger partial charge in [-0.1, -0.05) is 50.1 Å². The van der Waals surface area contributed by atoms with E-state index in [0.717, 1.165) is 37.7 Å². The zero-order chi connectivity index (χ0) is 35.9. The zero-order valence-corrected chi connectivity index (χ0v) is 29.0.